The van der Waals surface area contributed by atoms with Crippen molar-refractivity contribution in [2.75, 3.05) is 7.11 Å². The average molecular weight is 316 g/mol. The zero-order valence-electron chi connectivity index (χ0n) is 12.7. The van der Waals surface area contributed by atoms with Crippen molar-refractivity contribution in [2.24, 2.45) is 0 Å². The van der Waals surface area contributed by atoms with E-state index in [-0.39, 0.29) is 23.2 Å². The van der Waals surface area contributed by atoms with Gasteiger partial charge < -0.3 is 10.1 Å². The van der Waals surface area contributed by atoms with E-state index in [9.17, 15) is 8.42 Å². The molecule has 0 aromatic carbocycles. The summed E-state index contributed by atoms with van der Waals surface area (Å²) in [6.45, 7) is 4.48. The zero-order chi connectivity index (χ0) is 15.5. The lowest BCUT2D eigenvalue weighted by molar-refractivity contribution is 0.0916. The Kier molecular flexibility index (Phi) is 5.37. The second-order valence-electron chi connectivity index (χ2n) is 5.69. The van der Waals surface area contributed by atoms with Gasteiger partial charge in [0.2, 0.25) is 0 Å². The molecule has 0 amide bonds. The number of sulfonamides is 1. The van der Waals surface area contributed by atoms with Gasteiger partial charge in [-0.25, -0.2) is 13.1 Å². The number of H-pyrrole nitrogens is 1. The molecule has 1 fully saturated rings. The smallest absolute Gasteiger partial charge is 0.258 e. The van der Waals surface area contributed by atoms with E-state index in [0.29, 0.717) is 12.1 Å². The van der Waals surface area contributed by atoms with Gasteiger partial charge in [-0.1, -0.05) is 13.8 Å². The van der Waals surface area contributed by atoms with E-state index in [1.807, 2.05) is 13.8 Å². The Morgan fingerprint density at radius 3 is 2.90 bits per heavy atom. The first-order chi connectivity index (χ1) is 9.94. The van der Waals surface area contributed by atoms with Crippen molar-refractivity contribution in [1.29, 1.82) is 0 Å². The van der Waals surface area contributed by atoms with Crippen LogP contribution in [0, 0.1) is 0 Å². The van der Waals surface area contributed by atoms with Crippen LogP contribution in [0.1, 0.15) is 38.7 Å². The number of aromatic amines is 1. The topological polar surface area (TPSA) is 96.1 Å². The molecule has 0 spiro atoms. The van der Waals surface area contributed by atoms with E-state index in [2.05, 4.69) is 20.2 Å². The maximum absolute atomic E-state index is 12.5. The number of nitrogens with one attached hydrogen (secondary N) is 3. The summed E-state index contributed by atoms with van der Waals surface area (Å²) in [7, 11) is -1.99. The first kappa shape index (κ1) is 16.4. The largest absolute Gasteiger partial charge is 0.380 e. The fourth-order valence-corrected chi connectivity index (χ4v) is 4.00. The molecule has 7 nitrogen and oxygen atoms in total. The predicted octanol–water partition coefficient (Wildman–Crippen LogP) is 0.754. The minimum Gasteiger partial charge on any atom is -0.380 e. The number of hydrogen-bond donors (Lipinski definition) is 3. The van der Waals surface area contributed by atoms with Crippen LogP contribution in [-0.2, 0) is 21.3 Å². The van der Waals surface area contributed by atoms with Crippen LogP contribution in [0.5, 0.6) is 0 Å². The quantitative estimate of drug-likeness (QED) is 0.690. The maximum atomic E-state index is 12.5. The Morgan fingerprint density at radius 1 is 1.48 bits per heavy atom. The zero-order valence-corrected chi connectivity index (χ0v) is 13.5. The van der Waals surface area contributed by atoms with E-state index in [1.165, 1.54) is 0 Å². The van der Waals surface area contributed by atoms with Crippen LogP contribution in [-0.4, -0.2) is 43.9 Å². The standard InChI is InChI=1S/C13H24N4O3S/c1-9(2)14-7-10-8-15-16-13(10)21(18,19)17-11-5-4-6-12(11)20-3/h8-9,11-12,14,17H,4-7H2,1-3H3,(H,15,16). The molecule has 0 aliphatic heterocycles. The van der Waals surface area contributed by atoms with Gasteiger partial charge in [-0.3, -0.25) is 5.10 Å². The highest BCUT2D eigenvalue weighted by molar-refractivity contribution is 7.89. The lowest BCUT2D eigenvalue weighted by Gasteiger charge is -2.19. The van der Waals surface area contributed by atoms with E-state index >= 15 is 0 Å². The highest BCUT2D eigenvalue weighted by Gasteiger charge is 2.32. The Labute approximate surface area is 125 Å². The van der Waals surface area contributed by atoms with Crippen LogP contribution in [0.25, 0.3) is 0 Å². The van der Waals surface area contributed by atoms with Gasteiger partial charge in [0, 0.05) is 31.3 Å². The van der Waals surface area contributed by atoms with Crippen LogP contribution < -0.4 is 10.0 Å². The molecular formula is C13H24N4O3S. The monoisotopic (exact) mass is 316 g/mol. The molecule has 3 N–H and O–H groups in total. The van der Waals surface area contributed by atoms with Gasteiger partial charge in [0.05, 0.1) is 12.3 Å². The van der Waals surface area contributed by atoms with Crippen LogP contribution in [0.3, 0.4) is 0 Å². The van der Waals surface area contributed by atoms with E-state index < -0.39 is 10.0 Å². The summed E-state index contributed by atoms with van der Waals surface area (Å²) in [6.07, 6.45) is 4.14. The molecule has 1 saturated carbocycles. The molecule has 0 radical (unpaired) electrons. The van der Waals surface area contributed by atoms with Gasteiger partial charge in [-0.15, -0.1) is 0 Å². The van der Waals surface area contributed by atoms with Crippen LogP contribution >= 0.6 is 0 Å². The van der Waals surface area contributed by atoms with Crippen LogP contribution in [0.15, 0.2) is 11.2 Å². The molecule has 120 valence electrons. The van der Waals surface area contributed by atoms with Crippen LogP contribution in [0.2, 0.25) is 0 Å². The summed E-state index contributed by atoms with van der Waals surface area (Å²) in [5.74, 6) is 0. The van der Waals surface area contributed by atoms with Gasteiger partial charge in [0.25, 0.3) is 10.0 Å². The summed E-state index contributed by atoms with van der Waals surface area (Å²) in [5, 5.41) is 9.79. The minimum absolute atomic E-state index is 0.0556. The lowest BCUT2D eigenvalue weighted by Crippen LogP contribution is -2.41. The van der Waals surface area contributed by atoms with Gasteiger partial charge >= 0.3 is 0 Å². The average Bonchev–Trinajstić information content (AvgIpc) is 3.04. The number of aromatic nitrogens is 2. The molecule has 8 heteroatoms. The van der Waals surface area contributed by atoms with Crippen molar-refractivity contribution in [2.45, 2.75) is 62.9 Å². The minimum atomic E-state index is -3.61. The number of hydrogen-bond acceptors (Lipinski definition) is 5. The highest BCUT2D eigenvalue weighted by Crippen LogP contribution is 2.23. The van der Waals surface area contributed by atoms with Crippen molar-refractivity contribution in [1.82, 2.24) is 20.2 Å². The van der Waals surface area contributed by atoms with Crippen molar-refractivity contribution in [3.63, 3.8) is 0 Å². The van der Waals surface area contributed by atoms with E-state index in [4.69, 9.17) is 4.74 Å². The molecule has 2 unspecified atom stereocenters. The molecule has 2 atom stereocenters. The number of rotatable bonds is 7. The molecule has 2 rings (SSSR count). The van der Waals surface area contributed by atoms with Gasteiger partial charge in [0.15, 0.2) is 5.03 Å². The predicted molar refractivity (Wildman–Crippen MR) is 79.3 cm³/mol. The number of ether oxygens (including phenoxy) is 1. The summed E-state index contributed by atoms with van der Waals surface area (Å²) >= 11 is 0. The van der Waals surface area contributed by atoms with Crippen molar-refractivity contribution >= 4 is 10.0 Å². The molecule has 1 heterocycles. The SMILES string of the molecule is COC1CCCC1NS(=O)(=O)c1[nH]ncc1CNC(C)C. The first-order valence-electron chi connectivity index (χ1n) is 7.25. The van der Waals surface area contributed by atoms with Crippen molar-refractivity contribution in [3.05, 3.63) is 11.8 Å². The fraction of sp³-hybridized carbons (Fsp3) is 0.769. The highest BCUT2D eigenvalue weighted by atomic mass is 32.2. The Morgan fingerprint density at radius 2 is 2.24 bits per heavy atom. The van der Waals surface area contributed by atoms with E-state index in [0.717, 1.165) is 19.3 Å². The Hall–Kier alpha value is -0.960. The van der Waals surface area contributed by atoms with Gasteiger partial charge in [-0.2, -0.15) is 5.10 Å². The third-order valence-corrected chi connectivity index (χ3v) is 5.21. The second-order valence-corrected chi connectivity index (χ2v) is 7.34. The Balaban J connectivity index is 2.11. The fourth-order valence-electron chi connectivity index (χ4n) is 2.57. The van der Waals surface area contributed by atoms with Gasteiger partial charge in [-0.05, 0) is 19.3 Å². The number of nitrogens with zero attached hydrogens (tertiary/aromatic N) is 1. The normalized spacial score (nSPS) is 23.0. The van der Waals surface area contributed by atoms with E-state index in [1.54, 1.807) is 13.3 Å². The molecule has 1 aliphatic carbocycles. The summed E-state index contributed by atoms with van der Waals surface area (Å²) in [4.78, 5) is 0. The molecular weight excluding hydrogens is 292 g/mol. The lowest BCUT2D eigenvalue weighted by atomic mass is 10.2. The first-order valence-corrected chi connectivity index (χ1v) is 8.73. The third kappa shape index (κ3) is 4.03. The molecule has 0 bridgehead atoms. The third-order valence-electron chi connectivity index (χ3n) is 3.71. The maximum Gasteiger partial charge on any atom is 0.258 e. The van der Waals surface area contributed by atoms with Crippen molar-refractivity contribution in [3.8, 4) is 0 Å². The van der Waals surface area contributed by atoms with Crippen LogP contribution in [0.4, 0.5) is 0 Å². The molecule has 21 heavy (non-hydrogen) atoms. The Bertz CT molecular complexity index is 556. The second kappa shape index (κ2) is 6.87. The molecule has 1 aromatic heterocycles. The molecule has 1 aliphatic rings. The molecule has 1 aromatic rings. The summed E-state index contributed by atoms with van der Waals surface area (Å²) in [6, 6.07) is 0.102. The van der Waals surface area contributed by atoms with Gasteiger partial charge in [0.1, 0.15) is 0 Å². The summed E-state index contributed by atoms with van der Waals surface area (Å²) in [5.41, 5.74) is 0.642. The van der Waals surface area contributed by atoms with Crippen molar-refractivity contribution < 1.29 is 13.2 Å². The number of methoxy groups -OCH3 is 1. The molecule has 0 saturated heterocycles. The summed E-state index contributed by atoms with van der Waals surface area (Å²) < 4.78 is 33.1.